The Balaban J connectivity index is 1.74. The predicted octanol–water partition coefficient (Wildman–Crippen LogP) is 4.66. The Morgan fingerprint density at radius 3 is 1.84 bits per heavy atom. The van der Waals surface area contributed by atoms with Crippen LogP contribution >= 0.6 is 0 Å². The molecule has 0 fully saturated rings. The van der Waals surface area contributed by atoms with E-state index in [9.17, 15) is 9.59 Å². The Kier molecular flexibility index (Phi) is 3.75. The van der Waals surface area contributed by atoms with Crippen LogP contribution in [0.25, 0.3) is 12.2 Å². The summed E-state index contributed by atoms with van der Waals surface area (Å²) in [6.45, 7) is 0. The number of para-hydroxylation sites is 1. The van der Waals surface area contributed by atoms with Gasteiger partial charge in [-0.25, -0.2) is 4.90 Å². The largest absolute Gasteiger partial charge is 0.268 e. The Labute approximate surface area is 145 Å². The van der Waals surface area contributed by atoms with Gasteiger partial charge in [0.15, 0.2) is 0 Å². The summed E-state index contributed by atoms with van der Waals surface area (Å²) in [4.78, 5) is 26.7. The van der Waals surface area contributed by atoms with Crippen molar-refractivity contribution < 1.29 is 9.59 Å². The van der Waals surface area contributed by atoms with E-state index in [-0.39, 0.29) is 11.8 Å². The maximum Gasteiger partial charge on any atom is 0.266 e. The molecule has 1 aliphatic rings. The minimum atomic E-state index is -0.277. The van der Waals surface area contributed by atoms with E-state index < -0.39 is 0 Å². The average Bonchev–Trinajstić information content (AvgIpc) is 2.92. The molecule has 120 valence electrons. The fourth-order valence-corrected chi connectivity index (χ4v) is 2.99. The number of anilines is 1. The highest BCUT2D eigenvalue weighted by Crippen LogP contribution is 2.31. The number of benzene rings is 3. The first-order valence-electron chi connectivity index (χ1n) is 8.06. The van der Waals surface area contributed by atoms with Gasteiger partial charge in [-0.05, 0) is 29.3 Å². The molecule has 0 N–H and O–H groups in total. The molecular formula is C22H15NO2. The second-order valence-electron chi connectivity index (χ2n) is 5.79. The summed E-state index contributed by atoms with van der Waals surface area (Å²) in [6.07, 6.45) is 3.89. The van der Waals surface area contributed by atoms with Gasteiger partial charge in [0, 0.05) is 0 Å². The third kappa shape index (κ3) is 2.66. The first-order valence-corrected chi connectivity index (χ1v) is 8.06. The van der Waals surface area contributed by atoms with Crippen molar-refractivity contribution in [1.82, 2.24) is 0 Å². The molecule has 0 spiro atoms. The molecule has 0 radical (unpaired) electrons. The summed E-state index contributed by atoms with van der Waals surface area (Å²) in [5.41, 5.74) is 3.38. The molecule has 0 unspecified atom stereocenters. The molecule has 3 aromatic carbocycles. The molecule has 3 nitrogen and oxygen atoms in total. The Bertz CT molecular complexity index is 955. The molecule has 3 aromatic rings. The van der Waals surface area contributed by atoms with E-state index in [1.165, 1.54) is 4.90 Å². The zero-order chi connectivity index (χ0) is 17.2. The molecule has 2 amide bonds. The number of rotatable bonds is 3. The molecule has 3 heteroatoms. The summed E-state index contributed by atoms with van der Waals surface area (Å²) in [5, 5.41) is 0. The number of carbonyl (C=O) groups excluding carboxylic acids is 2. The number of carbonyl (C=O) groups is 2. The van der Waals surface area contributed by atoms with Gasteiger partial charge in [-0.2, -0.15) is 0 Å². The van der Waals surface area contributed by atoms with Crippen LogP contribution < -0.4 is 4.90 Å². The summed E-state index contributed by atoms with van der Waals surface area (Å²) < 4.78 is 0. The van der Waals surface area contributed by atoms with Crippen molar-refractivity contribution >= 4 is 29.7 Å². The van der Waals surface area contributed by atoms with Crippen molar-refractivity contribution in [3.05, 3.63) is 101 Å². The van der Waals surface area contributed by atoms with Gasteiger partial charge in [0.1, 0.15) is 0 Å². The van der Waals surface area contributed by atoms with E-state index in [2.05, 4.69) is 0 Å². The van der Waals surface area contributed by atoms with Gasteiger partial charge in [0.2, 0.25) is 0 Å². The van der Waals surface area contributed by atoms with Gasteiger partial charge in [0.25, 0.3) is 11.8 Å². The van der Waals surface area contributed by atoms with Crippen LogP contribution in [0.15, 0.2) is 78.9 Å². The van der Waals surface area contributed by atoms with Crippen molar-refractivity contribution in [3.8, 4) is 0 Å². The monoisotopic (exact) mass is 325 g/mol. The fraction of sp³-hybridized carbons (Fsp3) is 0. The summed E-state index contributed by atoms with van der Waals surface area (Å²) in [5.74, 6) is -0.553. The molecule has 25 heavy (non-hydrogen) atoms. The SMILES string of the molecule is O=C1c2ccccc2C(=O)N1c1ccccc1/C=C/c1ccccc1. The van der Waals surface area contributed by atoms with Crippen molar-refractivity contribution in [3.63, 3.8) is 0 Å². The van der Waals surface area contributed by atoms with Gasteiger partial charge in [-0.3, -0.25) is 9.59 Å². The Morgan fingerprint density at radius 2 is 1.16 bits per heavy atom. The summed E-state index contributed by atoms with van der Waals surface area (Å²) in [6, 6.07) is 24.3. The maximum atomic E-state index is 12.7. The van der Waals surface area contributed by atoms with E-state index in [0.717, 1.165) is 11.1 Å². The zero-order valence-electron chi connectivity index (χ0n) is 13.4. The third-order valence-electron chi connectivity index (χ3n) is 4.23. The highest BCUT2D eigenvalue weighted by molar-refractivity contribution is 6.34. The minimum Gasteiger partial charge on any atom is -0.268 e. The second kappa shape index (κ2) is 6.21. The molecule has 0 atom stereocenters. The van der Waals surface area contributed by atoms with Crippen molar-refractivity contribution in [2.75, 3.05) is 4.90 Å². The summed E-state index contributed by atoms with van der Waals surface area (Å²) in [7, 11) is 0. The lowest BCUT2D eigenvalue weighted by atomic mass is 10.1. The number of imide groups is 1. The maximum absolute atomic E-state index is 12.7. The van der Waals surface area contributed by atoms with Gasteiger partial charge in [-0.1, -0.05) is 72.8 Å². The van der Waals surface area contributed by atoms with Crippen LogP contribution in [0.1, 0.15) is 31.8 Å². The lowest BCUT2D eigenvalue weighted by molar-refractivity contribution is 0.0926. The number of amides is 2. The predicted molar refractivity (Wildman–Crippen MR) is 99.4 cm³/mol. The zero-order valence-corrected chi connectivity index (χ0v) is 13.4. The summed E-state index contributed by atoms with van der Waals surface area (Å²) >= 11 is 0. The van der Waals surface area contributed by atoms with Crippen molar-refractivity contribution in [1.29, 1.82) is 0 Å². The van der Waals surface area contributed by atoms with Crippen LogP contribution in [-0.2, 0) is 0 Å². The van der Waals surface area contributed by atoms with Crippen molar-refractivity contribution in [2.45, 2.75) is 0 Å². The normalized spacial score (nSPS) is 13.5. The highest BCUT2D eigenvalue weighted by Gasteiger charge is 2.36. The fourth-order valence-electron chi connectivity index (χ4n) is 2.99. The molecule has 1 heterocycles. The van der Waals surface area contributed by atoms with E-state index in [4.69, 9.17) is 0 Å². The standard InChI is InChI=1S/C22H15NO2/c24-21-18-11-5-6-12-19(18)22(25)23(21)20-13-7-4-10-17(20)15-14-16-8-2-1-3-9-16/h1-15H/b15-14+. The quantitative estimate of drug-likeness (QED) is 0.519. The van der Waals surface area contributed by atoms with Gasteiger partial charge < -0.3 is 0 Å². The molecule has 1 aliphatic heterocycles. The molecule has 0 saturated heterocycles. The number of fused-ring (bicyclic) bond motifs is 1. The second-order valence-corrected chi connectivity index (χ2v) is 5.79. The van der Waals surface area contributed by atoms with Crippen molar-refractivity contribution in [2.24, 2.45) is 0 Å². The number of nitrogens with zero attached hydrogens (tertiary/aromatic N) is 1. The Morgan fingerprint density at radius 1 is 0.600 bits per heavy atom. The van der Waals surface area contributed by atoms with E-state index in [0.29, 0.717) is 16.8 Å². The van der Waals surface area contributed by atoms with Crippen LogP contribution in [0.3, 0.4) is 0 Å². The molecular weight excluding hydrogens is 310 g/mol. The van der Waals surface area contributed by atoms with Crippen LogP contribution in [0.4, 0.5) is 5.69 Å². The molecule has 0 aromatic heterocycles. The van der Waals surface area contributed by atoms with E-state index in [1.54, 1.807) is 30.3 Å². The first kappa shape index (κ1) is 15.1. The van der Waals surface area contributed by atoms with Gasteiger partial charge in [0.05, 0.1) is 16.8 Å². The van der Waals surface area contributed by atoms with Crippen LogP contribution in [0.2, 0.25) is 0 Å². The van der Waals surface area contributed by atoms with Gasteiger partial charge >= 0.3 is 0 Å². The average molecular weight is 325 g/mol. The highest BCUT2D eigenvalue weighted by atomic mass is 16.2. The van der Waals surface area contributed by atoms with Crippen LogP contribution in [0.5, 0.6) is 0 Å². The molecule has 0 aliphatic carbocycles. The first-order chi connectivity index (χ1) is 12.3. The lowest BCUT2D eigenvalue weighted by Crippen LogP contribution is -2.29. The van der Waals surface area contributed by atoms with E-state index >= 15 is 0 Å². The smallest absolute Gasteiger partial charge is 0.266 e. The number of hydrogen-bond donors (Lipinski definition) is 0. The van der Waals surface area contributed by atoms with Gasteiger partial charge in [-0.15, -0.1) is 0 Å². The van der Waals surface area contributed by atoms with E-state index in [1.807, 2.05) is 60.7 Å². The topological polar surface area (TPSA) is 37.4 Å². The minimum absolute atomic E-state index is 0.277. The number of hydrogen-bond acceptors (Lipinski definition) is 2. The third-order valence-corrected chi connectivity index (χ3v) is 4.23. The van der Waals surface area contributed by atoms with Crippen LogP contribution in [0, 0.1) is 0 Å². The molecule has 0 bridgehead atoms. The lowest BCUT2D eigenvalue weighted by Gasteiger charge is -2.16. The molecule has 4 rings (SSSR count). The molecule has 0 saturated carbocycles. The Hall–Kier alpha value is -3.46. The van der Waals surface area contributed by atoms with Crippen LogP contribution in [-0.4, -0.2) is 11.8 Å².